The third-order valence-corrected chi connectivity index (χ3v) is 12.7. The second-order valence-corrected chi connectivity index (χ2v) is 15.9. The maximum atomic E-state index is 13.6. The molecule has 5 aromatic rings. The van der Waals surface area contributed by atoms with Crippen LogP contribution in [0, 0.1) is 13.8 Å². The van der Waals surface area contributed by atoms with Gasteiger partial charge in [-0.15, -0.1) is 0 Å². The number of hydrogen-bond acceptors (Lipinski definition) is 5. The first kappa shape index (κ1) is 31.9. The number of aromatic nitrogens is 1. The highest BCUT2D eigenvalue weighted by Gasteiger charge is 2.40. The number of anilines is 1. The van der Waals surface area contributed by atoms with E-state index in [9.17, 15) is 9.90 Å². The van der Waals surface area contributed by atoms with Crippen molar-refractivity contribution in [3.05, 3.63) is 140 Å². The van der Waals surface area contributed by atoms with E-state index in [1.54, 1.807) is 23.1 Å². The van der Waals surface area contributed by atoms with Crippen molar-refractivity contribution < 1.29 is 14.5 Å². The van der Waals surface area contributed by atoms with Gasteiger partial charge in [0.15, 0.2) is 6.54 Å². The summed E-state index contributed by atoms with van der Waals surface area (Å²) >= 11 is 3.34. The third kappa shape index (κ3) is 5.37. The topological polar surface area (TPSA) is 44.4 Å². The van der Waals surface area contributed by atoms with Crippen molar-refractivity contribution in [1.82, 2.24) is 0 Å². The Morgan fingerprint density at radius 1 is 0.878 bits per heavy atom. The summed E-state index contributed by atoms with van der Waals surface area (Å²) < 4.78 is 3.51. The van der Waals surface area contributed by atoms with E-state index < -0.39 is 0 Å². The fourth-order valence-electron chi connectivity index (χ4n) is 7.76. The molecule has 4 nitrogen and oxygen atoms in total. The van der Waals surface area contributed by atoms with E-state index in [1.165, 1.54) is 48.7 Å². The molecule has 0 bridgehead atoms. The van der Waals surface area contributed by atoms with E-state index >= 15 is 0 Å². The smallest absolute Gasteiger partial charge is 0.263 e. The second kappa shape index (κ2) is 12.5. The molecule has 2 aliphatic carbocycles. The molecule has 0 saturated heterocycles. The lowest BCUT2D eigenvalue weighted by Gasteiger charge is -2.27. The molecule has 2 heterocycles. The van der Waals surface area contributed by atoms with Crippen molar-refractivity contribution in [3.8, 4) is 11.1 Å². The minimum atomic E-state index is -0.0987. The lowest BCUT2D eigenvalue weighted by atomic mass is 9.76. The van der Waals surface area contributed by atoms with E-state index in [1.807, 2.05) is 18.2 Å². The first-order chi connectivity index (χ1) is 23.8. The number of aliphatic hydroxyl groups excluding tert-OH is 1. The van der Waals surface area contributed by atoms with Gasteiger partial charge >= 0.3 is 0 Å². The van der Waals surface area contributed by atoms with Crippen molar-refractivity contribution in [1.29, 1.82) is 0 Å². The Hall–Kier alpha value is -4.39. The minimum absolute atomic E-state index is 0.0794. The number of fused-ring (bicyclic) bond motifs is 5. The number of hydrogen-bond donors (Lipinski definition) is 1. The van der Waals surface area contributed by atoms with Gasteiger partial charge in [-0.3, -0.25) is 4.79 Å². The van der Waals surface area contributed by atoms with Gasteiger partial charge in [0.2, 0.25) is 11.3 Å². The van der Waals surface area contributed by atoms with Crippen LogP contribution in [-0.4, -0.2) is 17.4 Å². The second-order valence-electron chi connectivity index (χ2n) is 13.8. The fourth-order valence-corrected chi connectivity index (χ4v) is 10.0. The third-order valence-electron chi connectivity index (χ3n) is 10.4. The molecular formula is C43H41N2O2S2+. The van der Waals surface area contributed by atoms with E-state index in [4.69, 9.17) is 0 Å². The number of thioether (sulfide) groups is 1. The Bertz CT molecular complexity index is 2200. The highest BCUT2D eigenvalue weighted by molar-refractivity contribution is 8.03. The van der Waals surface area contributed by atoms with Crippen LogP contribution in [0.3, 0.4) is 0 Å². The van der Waals surface area contributed by atoms with Crippen molar-refractivity contribution in [3.63, 3.8) is 0 Å². The van der Waals surface area contributed by atoms with Crippen LogP contribution in [0.25, 0.3) is 27.4 Å². The van der Waals surface area contributed by atoms with Crippen LogP contribution in [-0.2, 0) is 16.8 Å². The van der Waals surface area contributed by atoms with Gasteiger partial charge in [-0.1, -0.05) is 115 Å². The number of carbonyl (C=O) groups is 1. The zero-order chi connectivity index (χ0) is 33.9. The van der Waals surface area contributed by atoms with Gasteiger partial charge in [0.1, 0.15) is 10.5 Å². The van der Waals surface area contributed by atoms with Crippen LogP contribution in [0.15, 0.2) is 118 Å². The van der Waals surface area contributed by atoms with Gasteiger partial charge in [-0.25, -0.2) is 0 Å². The standard InChI is InChI=1S/C43H40N2O2S2/c1-5-6-21-44-35-12-7-9-14-37(35)48-39(44)25-31-41(46)32(42(31)47)26-40-45(36-13-8-10-15-38(36)49-40)22-11-20-43(4)33-23-27(2)16-18-29(33)30-19-17-28(3)24-34(30)43/h7-10,12-19,23-26H,5-6,11,20-22H2,1-4H3/p+1. The number of thiazole rings is 1. The highest BCUT2D eigenvalue weighted by atomic mass is 32.2. The van der Waals surface area contributed by atoms with Crippen LogP contribution in [0.4, 0.5) is 5.69 Å². The molecule has 0 amide bonds. The molecule has 0 radical (unpaired) electrons. The van der Waals surface area contributed by atoms with E-state index in [2.05, 4.69) is 116 Å². The van der Waals surface area contributed by atoms with Crippen LogP contribution in [0.5, 0.6) is 0 Å². The average molecular weight is 682 g/mol. The molecule has 4 aromatic carbocycles. The lowest BCUT2D eigenvalue weighted by molar-refractivity contribution is -0.669. The Kier molecular flexibility index (Phi) is 8.12. The summed E-state index contributed by atoms with van der Waals surface area (Å²) in [6, 6.07) is 30.6. The quantitative estimate of drug-likeness (QED) is 0.124. The zero-order valence-electron chi connectivity index (χ0n) is 28.5. The molecule has 8 rings (SSSR count). The predicted molar refractivity (Wildman–Crippen MR) is 204 cm³/mol. The van der Waals surface area contributed by atoms with Crippen molar-refractivity contribution in [2.45, 2.75) is 70.2 Å². The molecule has 1 aromatic heterocycles. The summed E-state index contributed by atoms with van der Waals surface area (Å²) in [5.41, 5.74) is 11.2. The minimum Gasteiger partial charge on any atom is -0.506 e. The van der Waals surface area contributed by atoms with Crippen LogP contribution >= 0.6 is 23.1 Å². The molecule has 0 fully saturated rings. The number of ketones is 1. The molecule has 6 heteroatoms. The van der Waals surface area contributed by atoms with Crippen molar-refractivity contribution in [2.75, 3.05) is 11.4 Å². The van der Waals surface area contributed by atoms with Gasteiger partial charge in [0.25, 0.3) is 5.01 Å². The number of unbranched alkanes of at least 4 members (excludes halogenated alkanes) is 1. The maximum Gasteiger partial charge on any atom is 0.263 e. The van der Waals surface area contributed by atoms with Gasteiger partial charge in [-0.05, 0) is 73.2 Å². The largest absolute Gasteiger partial charge is 0.506 e. The average Bonchev–Trinajstić information content (AvgIpc) is 3.72. The van der Waals surface area contributed by atoms with Gasteiger partial charge in [0.05, 0.1) is 21.9 Å². The van der Waals surface area contributed by atoms with E-state index in [0.29, 0.717) is 11.1 Å². The van der Waals surface area contributed by atoms with E-state index in [0.717, 1.165) is 54.3 Å². The number of nitrogens with zero attached hydrogens (tertiary/aromatic N) is 2. The number of carbonyl (C=O) groups excluding carboxylic acids is 1. The Morgan fingerprint density at radius 2 is 1.57 bits per heavy atom. The van der Waals surface area contributed by atoms with Gasteiger partial charge in [-0.2, -0.15) is 4.57 Å². The summed E-state index contributed by atoms with van der Waals surface area (Å²) in [6.45, 7) is 10.7. The summed E-state index contributed by atoms with van der Waals surface area (Å²) in [6.07, 6.45) is 7.91. The zero-order valence-corrected chi connectivity index (χ0v) is 30.2. The van der Waals surface area contributed by atoms with Crippen LogP contribution < -0.4 is 9.47 Å². The fraction of sp³-hybridized carbons (Fsp3) is 0.256. The summed E-state index contributed by atoms with van der Waals surface area (Å²) in [4.78, 5) is 17.1. The van der Waals surface area contributed by atoms with Crippen molar-refractivity contribution in [2.24, 2.45) is 0 Å². The Balaban J connectivity index is 1.09. The Labute approximate surface area is 297 Å². The SMILES string of the molecule is CCCCN1/C(=C/C2=C(O)C(=C\c3sc4ccccc4[n+]3CCCC3(C)c4cc(C)ccc4-c4ccc(C)cc43)/C2=O)Sc2ccccc21. The molecule has 0 spiro atoms. The Morgan fingerprint density at radius 3 is 2.29 bits per heavy atom. The number of aryl methyl sites for hydroxylation is 3. The molecule has 3 aliphatic rings. The van der Waals surface area contributed by atoms with Gasteiger partial charge in [0, 0.05) is 35.4 Å². The number of allylic oxidation sites excluding steroid dienone is 3. The molecule has 1 aliphatic heterocycles. The molecule has 0 saturated carbocycles. The summed E-state index contributed by atoms with van der Waals surface area (Å²) in [5.74, 6) is -0.00986. The lowest BCUT2D eigenvalue weighted by Crippen LogP contribution is -2.36. The molecule has 49 heavy (non-hydrogen) atoms. The maximum absolute atomic E-state index is 13.6. The number of para-hydroxylation sites is 2. The number of benzene rings is 4. The molecule has 1 N–H and O–H groups in total. The van der Waals surface area contributed by atoms with Crippen LogP contribution in [0.1, 0.15) is 66.8 Å². The molecule has 0 atom stereocenters. The monoisotopic (exact) mass is 681 g/mol. The predicted octanol–water partition coefficient (Wildman–Crippen LogP) is 10.6. The normalized spacial score (nSPS) is 17.6. The first-order valence-electron chi connectivity index (χ1n) is 17.4. The number of aliphatic hydroxyl groups is 1. The molecule has 0 unspecified atom stereocenters. The molecule has 246 valence electrons. The van der Waals surface area contributed by atoms with Gasteiger partial charge < -0.3 is 10.0 Å². The van der Waals surface area contributed by atoms with E-state index in [-0.39, 0.29) is 17.0 Å². The van der Waals surface area contributed by atoms with Crippen molar-refractivity contribution >= 4 is 50.9 Å². The summed E-state index contributed by atoms with van der Waals surface area (Å²) in [5, 5.41) is 13.3. The highest BCUT2D eigenvalue weighted by Crippen LogP contribution is 2.52. The van der Waals surface area contributed by atoms with Crippen LogP contribution in [0.2, 0.25) is 0 Å². The molecular weight excluding hydrogens is 641 g/mol. The first-order valence-corrected chi connectivity index (χ1v) is 19.0. The number of rotatable bonds is 9. The summed E-state index contributed by atoms with van der Waals surface area (Å²) in [7, 11) is 0. The number of Topliss-reactive ketones (excluding diaryl/α,β-unsaturated/α-hetero) is 1.